The van der Waals surface area contributed by atoms with Crippen LogP contribution in [0.5, 0.6) is 0 Å². The fourth-order valence-electron chi connectivity index (χ4n) is 4.90. The highest BCUT2D eigenvalue weighted by molar-refractivity contribution is 5.88. The molecular formula is C25H31N3O2. The zero-order valence-electron chi connectivity index (χ0n) is 17.6. The smallest absolute Gasteiger partial charge is 0.243 e. The predicted molar refractivity (Wildman–Crippen MR) is 118 cm³/mol. The Morgan fingerprint density at radius 2 is 1.53 bits per heavy atom. The van der Waals surface area contributed by atoms with Crippen LogP contribution in [-0.4, -0.2) is 53.3 Å². The Balaban J connectivity index is 1.36. The lowest BCUT2D eigenvalue weighted by molar-refractivity contribution is -0.148. The molecule has 2 aliphatic heterocycles. The lowest BCUT2D eigenvalue weighted by Gasteiger charge is -2.44. The van der Waals surface area contributed by atoms with Gasteiger partial charge in [-0.25, -0.2) is 0 Å². The molecule has 0 aliphatic carbocycles. The average molecular weight is 406 g/mol. The molecule has 2 amide bonds. The first-order valence-electron chi connectivity index (χ1n) is 11.1. The van der Waals surface area contributed by atoms with E-state index in [0.717, 1.165) is 57.3 Å². The summed E-state index contributed by atoms with van der Waals surface area (Å²) in [6, 6.07) is 20.3. The number of nitrogens with one attached hydrogen (secondary N) is 1. The molecule has 2 saturated heterocycles. The van der Waals surface area contributed by atoms with E-state index in [1.807, 2.05) is 53.4 Å². The number of carbonyl (C=O) groups excluding carboxylic acids is 2. The number of hydrogen-bond donors (Lipinski definition) is 1. The van der Waals surface area contributed by atoms with Crippen LogP contribution in [-0.2, 0) is 22.6 Å². The minimum absolute atomic E-state index is 0.00524. The number of nitrogens with zero attached hydrogens (tertiary/aromatic N) is 2. The number of benzene rings is 2. The van der Waals surface area contributed by atoms with Crippen molar-refractivity contribution in [3.05, 3.63) is 71.8 Å². The number of rotatable bonds is 7. The first kappa shape index (κ1) is 20.6. The van der Waals surface area contributed by atoms with E-state index in [-0.39, 0.29) is 11.8 Å². The molecule has 2 aromatic carbocycles. The third-order valence-corrected chi connectivity index (χ3v) is 6.51. The quantitative estimate of drug-likeness (QED) is 0.771. The Hall–Kier alpha value is -2.66. The molecule has 1 spiro atoms. The fraction of sp³-hybridized carbons (Fsp3) is 0.440. The van der Waals surface area contributed by atoms with Crippen molar-refractivity contribution in [2.24, 2.45) is 0 Å². The van der Waals surface area contributed by atoms with Crippen molar-refractivity contribution in [2.75, 3.05) is 26.2 Å². The second-order valence-electron chi connectivity index (χ2n) is 8.45. The van der Waals surface area contributed by atoms with Gasteiger partial charge in [-0.15, -0.1) is 0 Å². The lowest BCUT2D eigenvalue weighted by atomic mass is 9.85. The van der Waals surface area contributed by atoms with Gasteiger partial charge in [0.05, 0.1) is 6.54 Å². The van der Waals surface area contributed by atoms with Crippen LogP contribution in [0.3, 0.4) is 0 Å². The molecule has 0 bridgehead atoms. The van der Waals surface area contributed by atoms with Gasteiger partial charge in [0.1, 0.15) is 5.54 Å². The highest BCUT2D eigenvalue weighted by Crippen LogP contribution is 2.38. The summed E-state index contributed by atoms with van der Waals surface area (Å²) in [5, 5.41) is 3.02. The molecular weight excluding hydrogens is 374 g/mol. The first-order chi connectivity index (χ1) is 14.7. The van der Waals surface area contributed by atoms with E-state index in [0.29, 0.717) is 13.1 Å². The van der Waals surface area contributed by atoms with Gasteiger partial charge in [-0.3, -0.25) is 14.5 Å². The number of carbonyl (C=O) groups is 2. The maximum absolute atomic E-state index is 13.5. The third kappa shape index (κ3) is 4.57. The average Bonchev–Trinajstić information content (AvgIpc) is 3.17. The van der Waals surface area contributed by atoms with Gasteiger partial charge in [0.15, 0.2) is 0 Å². The summed E-state index contributed by atoms with van der Waals surface area (Å²) in [6.07, 6.45) is 4.58. The van der Waals surface area contributed by atoms with Gasteiger partial charge in [0.25, 0.3) is 0 Å². The molecule has 2 fully saturated rings. The van der Waals surface area contributed by atoms with Gasteiger partial charge < -0.3 is 10.2 Å². The van der Waals surface area contributed by atoms with E-state index in [4.69, 9.17) is 0 Å². The molecule has 2 aliphatic rings. The van der Waals surface area contributed by atoms with Crippen molar-refractivity contribution in [2.45, 2.75) is 44.2 Å². The molecule has 2 aromatic rings. The zero-order valence-corrected chi connectivity index (χ0v) is 17.6. The van der Waals surface area contributed by atoms with Crippen LogP contribution in [0.1, 0.15) is 36.8 Å². The summed E-state index contributed by atoms with van der Waals surface area (Å²) in [5.74, 6) is 0.215. The molecule has 0 aromatic heterocycles. The van der Waals surface area contributed by atoms with Gasteiger partial charge in [0.2, 0.25) is 11.8 Å². The van der Waals surface area contributed by atoms with Gasteiger partial charge in [-0.1, -0.05) is 60.7 Å². The van der Waals surface area contributed by atoms with Crippen LogP contribution in [0.15, 0.2) is 60.7 Å². The number of hydrogen-bond acceptors (Lipinski definition) is 3. The van der Waals surface area contributed by atoms with Crippen LogP contribution in [0.2, 0.25) is 0 Å². The summed E-state index contributed by atoms with van der Waals surface area (Å²) in [6.45, 7) is 3.21. The van der Waals surface area contributed by atoms with E-state index < -0.39 is 5.54 Å². The van der Waals surface area contributed by atoms with E-state index in [2.05, 4.69) is 22.3 Å². The second-order valence-corrected chi connectivity index (χ2v) is 8.45. The SMILES string of the molecule is O=C(CN1CCCC12CCCN(CCc1ccccc1)C2=O)NCc1ccccc1. The molecule has 158 valence electrons. The summed E-state index contributed by atoms with van der Waals surface area (Å²) in [7, 11) is 0. The molecule has 5 nitrogen and oxygen atoms in total. The van der Waals surface area contributed by atoms with Gasteiger partial charge in [-0.2, -0.15) is 0 Å². The highest BCUT2D eigenvalue weighted by atomic mass is 16.2. The normalized spacial score (nSPS) is 21.9. The molecule has 0 radical (unpaired) electrons. The lowest BCUT2D eigenvalue weighted by Crippen LogP contribution is -2.61. The summed E-state index contributed by atoms with van der Waals surface area (Å²) in [4.78, 5) is 30.3. The first-order valence-corrected chi connectivity index (χ1v) is 11.1. The number of amides is 2. The van der Waals surface area contributed by atoms with Crippen LogP contribution in [0, 0.1) is 0 Å². The van der Waals surface area contributed by atoms with Crippen LogP contribution >= 0.6 is 0 Å². The van der Waals surface area contributed by atoms with Crippen LogP contribution < -0.4 is 5.32 Å². The van der Waals surface area contributed by atoms with Crippen molar-refractivity contribution >= 4 is 11.8 Å². The van der Waals surface area contributed by atoms with E-state index in [1.165, 1.54) is 5.56 Å². The Kier molecular flexibility index (Phi) is 6.48. The highest BCUT2D eigenvalue weighted by Gasteiger charge is 2.50. The summed E-state index contributed by atoms with van der Waals surface area (Å²) < 4.78 is 0. The molecule has 5 heteroatoms. The Bertz CT molecular complexity index is 855. The summed E-state index contributed by atoms with van der Waals surface area (Å²) >= 11 is 0. The maximum Gasteiger partial charge on any atom is 0.243 e. The van der Waals surface area contributed by atoms with E-state index >= 15 is 0 Å². The van der Waals surface area contributed by atoms with Gasteiger partial charge >= 0.3 is 0 Å². The Morgan fingerprint density at radius 1 is 0.900 bits per heavy atom. The third-order valence-electron chi connectivity index (χ3n) is 6.51. The minimum atomic E-state index is -0.487. The van der Waals surface area contributed by atoms with Crippen molar-refractivity contribution in [3.63, 3.8) is 0 Å². The molecule has 1 atom stereocenters. The van der Waals surface area contributed by atoms with Crippen molar-refractivity contribution in [3.8, 4) is 0 Å². The predicted octanol–water partition coefficient (Wildman–Crippen LogP) is 3.00. The minimum Gasteiger partial charge on any atom is -0.351 e. The topological polar surface area (TPSA) is 52.7 Å². The van der Waals surface area contributed by atoms with Crippen molar-refractivity contribution in [1.29, 1.82) is 0 Å². The second kappa shape index (κ2) is 9.43. The van der Waals surface area contributed by atoms with Gasteiger partial charge in [0, 0.05) is 19.6 Å². The molecule has 2 heterocycles. The van der Waals surface area contributed by atoms with Crippen molar-refractivity contribution in [1.82, 2.24) is 15.1 Å². The Labute approximate surface area is 179 Å². The molecule has 1 unspecified atom stereocenters. The van der Waals surface area contributed by atoms with E-state index in [1.54, 1.807) is 0 Å². The number of piperidine rings is 1. The van der Waals surface area contributed by atoms with E-state index in [9.17, 15) is 9.59 Å². The zero-order chi connectivity index (χ0) is 20.8. The molecule has 30 heavy (non-hydrogen) atoms. The monoisotopic (exact) mass is 405 g/mol. The molecule has 1 N–H and O–H groups in total. The van der Waals surface area contributed by atoms with Crippen LogP contribution in [0.4, 0.5) is 0 Å². The Morgan fingerprint density at radius 3 is 2.23 bits per heavy atom. The number of likely N-dealkylation sites (tertiary alicyclic amines) is 2. The summed E-state index contributed by atoms with van der Waals surface area (Å²) in [5.41, 5.74) is 1.86. The van der Waals surface area contributed by atoms with Crippen molar-refractivity contribution < 1.29 is 9.59 Å². The molecule has 0 saturated carbocycles. The largest absolute Gasteiger partial charge is 0.351 e. The van der Waals surface area contributed by atoms with Gasteiger partial charge in [-0.05, 0) is 49.8 Å². The molecule has 4 rings (SSSR count). The standard InChI is InChI=1S/C25H31N3O2/c29-23(26-19-22-11-5-2-6-12-22)20-28-17-8-15-25(28)14-7-16-27(24(25)30)18-13-21-9-3-1-4-10-21/h1-6,9-12H,7-8,13-20H2,(H,26,29). The maximum atomic E-state index is 13.5. The fourth-order valence-corrected chi connectivity index (χ4v) is 4.90. The van der Waals surface area contributed by atoms with Crippen LogP contribution in [0.25, 0.3) is 0 Å².